The number of fused-ring (bicyclic) bond motifs is 2. The molecule has 0 fully saturated rings. The number of Topliss-reactive ketones (excluding diaryl/α,β-unsaturated/α-hetero) is 1. The molecule has 162 valence electrons. The molecule has 0 aliphatic carbocycles. The zero-order valence-electron chi connectivity index (χ0n) is 16.5. The molecule has 0 saturated heterocycles. The first-order valence-electron chi connectivity index (χ1n) is 9.66. The largest absolute Gasteiger partial charge is 0.489 e. The minimum absolute atomic E-state index is 0.202. The molecule has 0 atom stereocenters. The second-order valence-electron chi connectivity index (χ2n) is 7.22. The van der Waals surface area contributed by atoms with Crippen LogP contribution in [0.15, 0.2) is 58.8 Å². The third-order valence-corrected chi connectivity index (χ3v) is 6.23. The van der Waals surface area contributed by atoms with Gasteiger partial charge in [-0.05, 0) is 48.0 Å². The van der Waals surface area contributed by atoms with Gasteiger partial charge in [0, 0.05) is 21.7 Å². The molecule has 8 heteroatoms. The average molecular weight is 534 g/mol. The number of rotatable bonds is 4. The van der Waals surface area contributed by atoms with Crippen LogP contribution in [-0.2, 0) is 18.0 Å². The van der Waals surface area contributed by atoms with Crippen molar-refractivity contribution >= 4 is 51.0 Å². The number of ketones is 1. The standard InChI is InChI=1S/C24H15BrCl2O5/c25-16-7-14-10-29-12-31-24(14)15(8-16)11-30-17-2-3-18-21(9-17)32-22(23(18)28)6-13-1-4-19(26)20(27)5-13/h1-9H,10-12H2/b22-6-. The second kappa shape index (κ2) is 8.79. The minimum Gasteiger partial charge on any atom is -0.489 e. The van der Waals surface area contributed by atoms with E-state index in [-0.39, 0.29) is 18.3 Å². The van der Waals surface area contributed by atoms with Crippen molar-refractivity contribution in [2.75, 3.05) is 6.79 Å². The van der Waals surface area contributed by atoms with Crippen LogP contribution in [0, 0.1) is 0 Å². The number of carbonyl (C=O) groups excluding carboxylic acids is 1. The maximum atomic E-state index is 12.7. The van der Waals surface area contributed by atoms with E-state index < -0.39 is 0 Å². The van der Waals surface area contributed by atoms with E-state index in [0.717, 1.165) is 26.9 Å². The van der Waals surface area contributed by atoms with Crippen molar-refractivity contribution in [2.45, 2.75) is 13.2 Å². The molecule has 0 radical (unpaired) electrons. The highest BCUT2D eigenvalue weighted by molar-refractivity contribution is 9.10. The minimum atomic E-state index is -0.202. The molecule has 3 aromatic rings. The predicted octanol–water partition coefficient (Wildman–Crippen LogP) is 6.82. The Morgan fingerprint density at radius 2 is 1.94 bits per heavy atom. The Bertz CT molecular complexity index is 1270. The number of halogens is 3. The van der Waals surface area contributed by atoms with E-state index in [1.54, 1.807) is 42.5 Å². The lowest BCUT2D eigenvalue weighted by atomic mass is 10.1. The highest BCUT2D eigenvalue weighted by Crippen LogP contribution is 2.37. The zero-order valence-corrected chi connectivity index (χ0v) is 19.6. The molecule has 0 N–H and O–H groups in total. The van der Waals surface area contributed by atoms with Crippen LogP contribution in [0.5, 0.6) is 17.2 Å². The van der Waals surface area contributed by atoms with Crippen LogP contribution < -0.4 is 14.2 Å². The molecular weight excluding hydrogens is 519 g/mol. The molecule has 2 heterocycles. The van der Waals surface area contributed by atoms with E-state index in [1.807, 2.05) is 12.1 Å². The molecule has 5 rings (SSSR count). The highest BCUT2D eigenvalue weighted by Gasteiger charge is 2.28. The summed E-state index contributed by atoms with van der Waals surface area (Å²) in [6, 6.07) is 14.2. The summed E-state index contributed by atoms with van der Waals surface area (Å²) in [5.41, 5.74) is 3.05. The molecule has 32 heavy (non-hydrogen) atoms. The summed E-state index contributed by atoms with van der Waals surface area (Å²) in [6.07, 6.45) is 1.64. The summed E-state index contributed by atoms with van der Waals surface area (Å²) < 4.78 is 23.7. The monoisotopic (exact) mass is 532 g/mol. The van der Waals surface area contributed by atoms with Gasteiger partial charge in [0.05, 0.1) is 22.2 Å². The number of allylic oxidation sites excluding steroid dienone is 1. The van der Waals surface area contributed by atoms with Gasteiger partial charge in [0.1, 0.15) is 23.9 Å². The first kappa shape index (κ1) is 21.3. The third-order valence-electron chi connectivity index (χ3n) is 5.03. The van der Waals surface area contributed by atoms with Crippen molar-refractivity contribution in [1.82, 2.24) is 0 Å². The van der Waals surface area contributed by atoms with Gasteiger partial charge in [-0.15, -0.1) is 0 Å². The maximum absolute atomic E-state index is 12.7. The summed E-state index contributed by atoms with van der Waals surface area (Å²) in [5.74, 6) is 1.81. The number of carbonyl (C=O) groups is 1. The van der Waals surface area contributed by atoms with E-state index in [4.69, 9.17) is 42.1 Å². The Kier molecular flexibility index (Phi) is 5.86. The van der Waals surface area contributed by atoms with Crippen LogP contribution in [-0.4, -0.2) is 12.6 Å². The zero-order chi connectivity index (χ0) is 22.2. The van der Waals surface area contributed by atoms with E-state index in [0.29, 0.717) is 40.3 Å². The third kappa shape index (κ3) is 4.24. The number of hydrogen-bond acceptors (Lipinski definition) is 5. The average Bonchev–Trinajstić information content (AvgIpc) is 3.09. The molecule has 0 spiro atoms. The van der Waals surface area contributed by atoms with E-state index >= 15 is 0 Å². The predicted molar refractivity (Wildman–Crippen MR) is 125 cm³/mol. The molecule has 5 nitrogen and oxygen atoms in total. The number of hydrogen-bond donors (Lipinski definition) is 0. The Balaban J connectivity index is 1.35. The fraction of sp³-hybridized carbons (Fsp3) is 0.125. The van der Waals surface area contributed by atoms with Crippen LogP contribution in [0.2, 0.25) is 10.0 Å². The van der Waals surface area contributed by atoms with Crippen LogP contribution in [0.3, 0.4) is 0 Å². The molecule has 0 bridgehead atoms. The quantitative estimate of drug-likeness (QED) is 0.344. The van der Waals surface area contributed by atoms with Gasteiger partial charge in [-0.25, -0.2) is 0 Å². The topological polar surface area (TPSA) is 54.0 Å². The summed E-state index contributed by atoms with van der Waals surface area (Å²) >= 11 is 15.5. The Morgan fingerprint density at radius 1 is 1.06 bits per heavy atom. The van der Waals surface area contributed by atoms with Crippen LogP contribution in [0.25, 0.3) is 6.08 Å². The Morgan fingerprint density at radius 3 is 2.78 bits per heavy atom. The first-order valence-corrected chi connectivity index (χ1v) is 11.2. The fourth-order valence-electron chi connectivity index (χ4n) is 3.54. The van der Waals surface area contributed by atoms with Crippen molar-refractivity contribution < 1.29 is 23.7 Å². The van der Waals surface area contributed by atoms with Gasteiger partial charge < -0.3 is 18.9 Å². The van der Waals surface area contributed by atoms with Gasteiger partial charge >= 0.3 is 0 Å². The second-order valence-corrected chi connectivity index (χ2v) is 8.95. The van der Waals surface area contributed by atoms with Gasteiger partial charge in [0.15, 0.2) is 12.6 Å². The van der Waals surface area contributed by atoms with Crippen molar-refractivity contribution in [3.63, 3.8) is 0 Å². The van der Waals surface area contributed by atoms with Crippen LogP contribution >= 0.6 is 39.1 Å². The van der Waals surface area contributed by atoms with E-state index in [9.17, 15) is 4.79 Å². The lowest BCUT2D eigenvalue weighted by Gasteiger charge is -2.21. The maximum Gasteiger partial charge on any atom is 0.231 e. The molecule has 0 unspecified atom stereocenters. The summed E-state index contributed by atoms with van der Waals surface area (Å²) in [6.45, 7) is 0.995. The molecular formula is C24H15BrCl2O5. The van der Waals surface area contributed by atoms with Crippen molar-refractivity contribution in [2.24, 2.45) is 0 Å². The fourth-order valence-corrected chi connectivity index (χ4v) is 4.39. The van der Waals surface area contributed by atoms with Crippen LogP contribution in [0.1, 0.15) is 27.0 Å². The van der Waals surface area contributed by atoms with Crippen LogP contribution in [0.4, 0.5) is 0 Å². The smallest absolute Gasteiger partial charge is 0.231 e. The molecule has 2 aliphatic heterocycles. The molecule has 2 aliphatic rings. The molecule has 0 amide bonds. The van der Waals surface area contributed by atoms with E-state index in [2.05, 4.69) is 15.9 Å². The van der Waals surface area contributed by atoms with Gasteiger partial charge in [-0.3, -0.25) is 4.79 Å². The van der Waals surface area contributed by atoms with E-state index in [1.165, 1.54) is 0 Å². The normalized spacial score (nSPS) is 15.7. The Hall–Kier alpha value is -2.51. The summed E-state index contributed by atoms with van der Waals surface area (Å²) in [5, 5.41) is 0.854. The summed E-state index contributed by atoms with van der Waals surface area (Å²) in [4.78, 5) is 12.7. The highest BCUT2D eigenvalue weighted by atomic mass is 79.9. The number of benzene rings is 3. The molecule has 3 aromatic carbocycles. The van der Waals surface area contributed by atoms with Crippen molar-refractivity contribution in [3.05, 3.63) is 91.1 Å². The van der Waals surface area contributed by atoms with Crippen molar-refractivity contribution in [1.29, 1.82) is 0 Å². The van der Waals surface area contributed by atoms with Gasteiger partial charge in [-0.2, -0.15) is 0 Å². The number of ether oxygens (including phenoxy) is 4. The lowest BCUT2D eigenvalue weighted by Crippen LogP contribution is -2.14. The lowest BCUT2D eigenvalue weighted by molar-refractivity contribution is -0.0176. The van der Waals surface area contributed by atoms with Gasteiger partial charge in [-0.1, -0.05) is 45.2 Å². The summed E-state index contributed by atoms with van der Waals surface area (Å²) in [7, 11) is 0. The Labute approximate surface area is 202 Å². The molecule has 0 saturated carbocycles. The molecule has 0 aromatic heterocycles. The van der Waals surface area contributed by atoms with Gasteiger partial charge in [0.25, 0.3) is 0 Å². The van der Waals surface area contributed by atoms with Crippen molar-refractivity contribution in [3.8, 4) is 17.2 Å². The van der Waals surface area contributed by atoms with Gasteiger partial charge in [0.2, 0.25) is 5.78 Å². The SMILES string of the molecule is O=C1/C(=C/c2ccc(Cl)c(Cl)c2)Oc2cc(OCc3cc(Br)cc4c3OCOC4)ccc21. The first-order chi connectivity index (χ1) is 15.5.